The van der Waals surface area contributed by atoms with Crippen LogP contribution in [0.1, 0.15) is 25.0 Å². The Hall–Kier alpha value is -1.45. The summed E-state index contributed by atoms with van der Waals surface area (Å²) in [6.07, 6.45) is 0. The second-order valence-electron chi connectivity index (χ2n) is 5.14. The monoisotopic (exact) mass is 287 g/mol. The van der Waals surface area contributed by atoms with Crippen LogP contribution in [0.4, 0.5) is 0 Å². The number of thioether (sulfide) groups is 1. The lowest BCUT2D eigenvalue weighted by atomic mass is 10.2. The summed E-state index contributed by atoms with van der Waals surface area (Å²) < 4.78 is 0. The summed E-state index contributed by atoms with van der Waals surface area (Å²) in [5.74, 6) is 1.20. The Balaban J connectivity index is 1.87. The van der Waals surface area contributed by atoms with Gasteiger partial charge < -0.3 is 10.4 Å². The Labute approximate surface area is 125 Å². The minimum atomic E-state index is 0.332. The highest BCUT2D eigenvalue weighted by molar-refractivity contribution is 7.98. The number of hydrogen-bond acceptors (Lipinski definition) is 3. The van der Waals surface area contributed by atoms with E-state index >= 15 is 0 Å². The molecular formula is C17H21NOS. The molecule has 20 heavy (non-hydrogen) atoms. The molecule has 0 aliphatic rings. The van der Waals surface area contributed by atoms with E-state index < -0.39 is 0 Å². The molecule has 0 heterocycles. The molecule has 0 saturated heterocycles. The maximum Gasteiger partial charge on any atom is 0.115 e. The van der Waals surface area contributed by atoms with Crippen molar-refractivity contribution in [3.8, 4) is 5.75 Å². The molecule has 0 aliphatic heterocycles. The number of rotatable bonds is 6. The van der Waals surface area contributed by atoms with Crippen LogP contribution in [-0.2, 0) is 12.3 Å². The molecule has 0 fully saturated rings. The topological polar surface area (TPSA) is 32.3 Å². The number of phenolic OH excluding ortho intramolecular Hbond substituents is 1. The van der Waals surface area contributed by atoms with Crippen LogP contribution in [0.2, 0.25) is 0 Å². The molecule has 2 N–H and O–H groups in total. The molecule has 3 heteroatoms. The van der Waals surface area contributed by atoms with Gasteiger partial charge in [0, 0.05) is 23.2 Å². The van der Waals surface area contributed by atoms with E-state index in [1.165, 1.54) is 10.5 Å². The first-order valence-corrected chi connectivity index (χ1v) is 7.85. The molecular weight excluding hydrogens is 266 g/mol. The molecule has 0 radical (unpaired) electrons. The molecule has 2 aromatic rings. The van der Waals surface area contributed by atoms with Gasteiger partial charge in [0.25, 0.3) is 0 Å². The van der Waals surface area contributed by atoms with Crippen LogP contribution in [0.15, 0.2) is 53.4 Å². The van der Waals surface area contributed by atoms with Gasteiger partial charge >= 0.3 is 0 Å². The number of phenols is 1. The van der Waals surface area contributed by atoms with Gasteiger partial charge in [0.1, 0.15) is 5.75 Å². The third kappa shape index (κ3) is 4.91. The van der Waals surface area contributed by atoms with Crippen molar-refractivity contribution >= 4 is 11.8 Å². The van der Waals surface area contributed by atoms with Crippen LogP contribution in [0.25, 0.3) is 0 Å². The molecule has 2 nitrogen and oxygen atoms in total. The lowest BCUT2D eigenvalue weighted by molar-refractivity contribution is 0.475. The van der Waals surface area contributed by atoms with Gasteiger partial charge in [-0.25, -0.2) is 0 Å². The van der Waals surface area contributed by atoms with Gasteiger partial charge in [0.15, 0.2) is 0 Å². The fourth-order valence-electron chi connectivity index (χ4n) is 1.84. The van der Waals surface area contributed by atoms with Gasteiger partial charge in [0.2, 0.25) is 0 Å². The van der Waals surface area contributed by atoms with Crippen molar-refractivity contribution in [1.29, 1.82) is 0 Å². The second-order valence-corrected chi connectivity index (χ2v) is 6.19. The largest absolute Gasteiger partial charge is 0.508 e. The van der Waals surface area contributed by atoms with Crippen molar-refractivity contribution in [1.82, 2.24) is 5.32 Å². The van der Waals surface area contributed by atoms with Crippen LogP contribution in [0.3, 0.4) is 0 Å². The Bertz CT molecular complexity index is 537. The highest BCUT2D eigenvalue weighted by atomic mass is 32.2. The standard InChI is InChI=1S/C17H21NOS/c1-13(2)18-11-14-6-8-17(9-7-14)20-12-15-4-3-5-16(19)10-15/h3-10,13,18-19H,11-12H2,1-2H3. The summed E-state index contributed by atoms with van der Waals surface area (Å²) in [5.41, 5.74) is 2.45. The van der Waals surface area contributed by atoms with Gasteiger partial charge in [0.05, 0.1) is 0 Å². The summed E-state index contributed by atoms with van der Waals surface area (Å²) in [7, 11) is 0. The van der Waals surface area contributed by atoms with Gasteiger partial charge in [-0.1, -0.05) is 38.1 Å². The maximum atomic E-state index is 9.43. The van der Waals surface area contributed by atoms with E-state index in [4.69, 9.17) is 0 Å². The van der Waals surface area contributed by atoms with Gasteiger partial charge in [-0.3, -0.25) is 0 Å². The molecule has 2 rings (SSSR count). The minimum absolute atomic E-state index is 0.332. The predicted octanol–water partition coefficient (Wildman–Crippen LogP) is 4.18. The summed E-state index contributed by atoms with van der Waals surface area (Å²) in [5, 5.41) is 12.8. The summed E-state index contributed by atoms with van der Waals surface area (Å²) in [6, 6.07) is 16.6. The molecule has 0 unspecified atom stereocenters. The smallest absolute Gasteiger partial charge is 0.115 e. The first-order chi connectivity index (χ1) is 9.63. The van der Waals surface area contributed by atoms with Gasteiger partial charge in [-0.05, 0) is 35.4 Å². The first kappa shape index (κ1) is 14.9. The number of benzene rings is 2. The number of nitrogens with one attached hydrogen (secondary N) is 1. The first-order valence-electron chi connectivity index (χ1n) is 6.86. The third-order valence-electron chi connectivity index (χ3n) is 2.95. The Kier molecular flexibility index (Phi) is 5.50. The van der Waals surface area contributed by atoms with Crippen LogP contribution >= 0.6 is 11.8 Å². The highest BCUT2D eigenvalue weighted by Crippen LogP contribution is 2.24. The molecule has 0 atom stereocenters. The zero-order valence-electron chi connectivity index (χ0n) is 12.0. The van der Waals surface area contributed by atoms with E-state index in [9.17, 15) is 5.11 Å². The van der Waals surface area contributed by atoms with Crippen LogP contribution in [0, 0.1) is 0 Å². The van der Waals surface area contributed by atoms with Crippen molar-refractivity contribution in [3.05, 3.63) is 59.7 Å². The van der Waals surface area contributed by atoms with E-state index in [0.717, 1.165) is 17.9 Å². The summed E-state index contributed by atoms with van der Waals surface area (Å²) in [6.45, 7) is 5.22. The van der Waals surface area contributed by atoms with Crippen LogP contribution < -0.4 is 5.32 Å². The van der Waals surface area contributed by atoms with E-state index in [1.54, 1.807) is 17.8 Å². The second kappa shape index (κ2) is 7.36. The fraction of sp³-hybridized carbons (Fsp3) is 0.294. The van der Waals surface area contributed by atoms with Crippen molar-refractivity contribution in [2.45, 2.75) is 37.1 Å². The Morgan fingerprint density at radius 3 is 2.45 bits per heavy atom. The van der Waals surface area contributed by atoms with Crippen LogP contribution in [0.5, 0.6) is 5.75 Å². The SMILES string of the molecule is CC(C)NCc1ccc(SCc2cccc(O)c2)cc1. The Morgan fingerprint density at radius 2 is 1.80 bits per heavy atom. The summed E-state index contributed by atoms with van der Waals surface area (Å²) >= 11 is 1.78. The maximum absolute atomic E-state index is 9.43. The zero-order valence-corrected chi connectivity index (χ0v) is 12.8. The molecule has 0 spiro atoms. The summed E-state index contributed by atoms with van der Waals surface area (Å²) in [4.78, 5) is 1.25. The third-order valence-corrected chi connectivity index (χ3v) is 4.04. The lowest BCUT2D eigenvalue weighted by Gasteiger charge is -2.08. The quantitative estimate of drug-likeness (QED) is 0.782. The molecule has 2 aromatic carbocycles. The molecule has 0 bridgehead atoms. The molecule has 0 amide bonds. The lowest BCUT2D eigenvalue weighted by Crippen LogP contribution is -2.21. The fourth-order valence-corrected chi connectivity index (χ4v) is 2.68. The average molecular weight is 287 g/mol. The zero-order chi connectivity index (χ0) is 14.4. The highest BCUT2D eigenvalue weighted by Gasteiger charge is 1.99. The van der Waals surface area contributed by atoms with E-state index in [2.05, 4.69) is 43.4 Å². The van der Waals surface area contributed by atoms with E-state index in [1.807, 2.05) is 18.2 Å². The molecule has 0 saturated carbocycles. The average Bonchev–Trinajstić information content (AvgIpc) is 2.44. The number of aromatic hydroxyl groups is 1. The van der Waals surface area contributed by atoms with Gasteiger partial charge in [-0.2, -0.15) is 0 Å². The minimum Gasteiger partial charge on any atom is -0.508 e. The molecule has 0 aliphatic carbocycles. The van der Waals surface area contributed by atoms with Crippen LogP contribution in [-0.4, -0.2) is 11.1 Å². The predicted molar refractivity (Wildman–Crippen MR) is 86.1 cm³/mol. The van der Waals surface area contributed by atoms with Crippen molar-refractivity contribution < 1.29 is 5.11 Å². The normalized spacial score (nSPS) is 10.9. The Morgan fingerprint density at radius 1 is 1.05 bits per heavy atom. The van der Waals surface area contributed by atoms with Gasteiger partial charge in [-0.15, -0.1) is 11.8 Å². The van der Waals surface area contributed by atoms with Crippen molar-refractivity contribution in [2.24, 2.45) is 0 Å². The van der Waals surface area contributed by atoms with Crippen molar-refractivity contribution in [2.75, 3.05) is 0 Å². The van der Waals surface area contributed by atoms with E-state index in [-0.39, 0.29) is 0 Å². The molecule has 106 valence electrons. The van der Waals surface area contributed by atoms with E-state index in [0.29, 0.717) is 11.8 Å². The van der Waals surface area contributed by atoms with Crippen molar-refractivity contribution in [3.63, 3.8) is 0 Å². The number of hydrogen-bond donors (Lipinski definition) is 2. The molecule has 0 aromatic heterocycles.